The number of hydrogen-bond donors (Lipinski definition) is 3. The van der Waals surface area contributed by atoms with Crippen molar-refractivity contribution >= 4 is 56.9 Å². The maximum atomic E-state index is 12.2. The highest BCUT2D eigenvalue weighted by molar-refractivity contribution is 7.74. The van der Waals surface area contributed by atoms with Crippen LogP contribution in [0.3, 0.4) is 0 Å². The highest BCUT2D eigenvalue weighted by Crippen LogP contribution is 2.34. The van der Waals surface area contributed by atoms with Crippen LogP contribution in [0.25, 0.3) is 22.2 Å². The molecule has 2 aromatic carbocycles. The molecule has 3 N–H and O–H groups in total. The van der Waals surface area contributed by atoms with Gasteiger partial charge in [0.1, 0.15) is 6.10 Å². The number of thiol groups is 1. The van der Waals surface area contributed by atoms with E-state index in [4.69, 9.17) is 27.1 Å². The predicted molar refractivity (Wildman–Crippen MR) is 164 cm³/mol. The second kappa shape index (κ2) is 12.9. The standard InChI is InChI=1S/C29H32ClN7O4S/c1-3-17-13-19(14-20-16-32-29(34-26(17)20)33-21-9-11-22(12-10-21)41-28(31)38)27-18(4-2)15-25(35-36-27)37(42(39)40)24-8-6-5-7-23(24)30/h5-8,13-16,21-22,42H,3-4,9-12H2,1-2H3,(H2,31,38)(H,32,33,34)/t21-,22-. The van der Waals surface area contributed by atoms with Crippen molar-refractivity contribution in [1.82, 2.24) is 20.2 Å². The quantitative estimate of drug-likeness (QED) is 0.213. The Balaban J connectivity index is 1.43. The van der Waals surface area contributed by atoms with Gasteiger partial charge in [-0.25, -0.2) is 27.5 Å². The summed E-state index contributed by atoms with van der Waals surface area (Å²) in [6.45, 7) is 4.05. The molecule has 42 heavy (non-hydrogen) atoms. The highest BCUT2D eigenvalue weighted by atomic mass is 35.5. The van der Waals surface area contributed by atoms with Crippen LogP contribution < -0.4 is 15.4 Å². The van der Waals surface area contributed by atoms with Crippen LogP contribution in [0.1, 0.15) is 50.7 Å². The molecule has 0 aliphatic heterocycles. The van der Waals surface area contributed by atoms with Gasteiger partial charge in [-0.3, -0.25) is 0 Å². The van der Waals surface area contributed by atoms with Gasteiger partial charge in [0.15, 0.2) is 5.82 Å². The summed E-state index contributed by atoms with van der Waals surface area (Å²) < 4.78 is 30.7. The molecular formula is C29H32ClN7O4S. The number of fused-ring (bicyclic) bond motifs is 1. The molecule has 0 unspecified atom stereocenters. The van der Waals surface area contributed by atoms with Crippen LogP contribution in [0.15, 0.2) is 48.7 Å². The summed E-state index contributed by atoms with van der Waals surface area (Å²) >= 11 is 6.30. The van der Waals surface area contributed by atoms with Gasteiger partial charge < -0.3 is 15.8 Å². The number of primary amides is 1. The van der Waals surface area contributed by atoms with Crippen LogP contribution in [0, 0.1) is 0 Å². The lowest BCUT2D eigenvalue weighted by atomic mass is 9.93. The van der Waals surface area contributed by atoms with Crippen molar-refractivity contribution in [2.75, 3.05) is 9.62 Å². The molecular weight excluding hydrogens is 578 g/mol. The number of aryl methyl sites for hydroxylation is 2. The van der Waals surface area contributed by atoms with Gasteiger partial charge in [0, 0.05) is 23.2 Å². The van der Waals surface area contributed by atoms with Gasteiger partial charge in [-0.15, -0.1) is 10.2 Å². The number of carbonyl (C=O) groups is 1. The predicted octanol–water partition coefficient (Wildman–Crippen LogP) is 5.35. The lowest BCUT2D eigenvalue weighted by Crippen LogP contribution is -2.32. The Morgan fingerprint density at radius 1 is 1.07 bits per heavy atom. The van der Waals surface area contributed by atoms with Crippen LogP contribution in [0.2, 0.25) is 5.02 Å². The first-order valence-electron chi connectivity index (χ1n) is 13.9. The molecule has 0 radical (unpaired) electrons. The number of hydrogen-bond acceptors (Lipinski definition) is 9. The van der Waals surface area contributed by atoms with Crippen molar-refractivity contribution < 1.29 is 17.9 Å². The van der Waals surface area contributed by atoms with E-state index in [1.165, 1.54) is 0 Å². The molecule has 0 spiro atoms. The zero-order valence-corrected chi connectivity index (χ0v) is 24.9. The van der Waals surface area contributed by atoms with E-state index in [1.807, 2.05) is 19.1 Å². The summed E-state index contributed by atoms with van der Waals surface area (Å²) in [6, 6.07) is 12.6. The number of anilines is 3. The van der Waals surface area contributed by atoms with Gasteiger partial charge in [0.05, 0.1) is 21.9 Å². The SMILES string of the molecule is CCc1cc(N(c2ccccc2Cl)[SH](=O)=O)nnc1-c1cc(CC)c2nc(N[C@H]3CC[C@H](OC(N)=O)CC3)ncc2c1. The van der Waals surface area contributed by atoms with Crippen molar-refractivity contribution in [2.24, 2.45) is 5.73 Å². The maximum absolute atomic E-state index is 12.2. The smallest absolute Gasteiger partial charge is 0.404 e. The van der Waals surface area contributed by atoms with Gasteiger partial charge in [-0.2, -0.15) is 0 Å². The minimum atomic E-state index is -3.06. The summed E-state index contributed by atoms with van der Waals surface area (Å²) in [4.78, 5) is 20.4. The molecule has 4 aromatic rings. The Hall–Kier alpha value is -4.03. The van der Waals surface area contributed by atoms with Crippen LogP contribution >= 0.6 is 11.6 Å². The molecule has 13 heteroatoms. The molecule has 0 atom stereocenters. The van der Waals surface area contributed by atoms with Crippen LogP contribution in [0.5, 0.6) is 0 Å². The van der Waals surface area contributed by atoms with E-state index in [9.17, 15) is 13.2 Å². The molecule has 220 valence electrons. The zero-order valence-electron chi connectivity index (χ0n) is 23.3. The average molecular weight is 610 g/mol. The Kier molecular flexibility index (Phi) is 9.03. The van der Waals surface area contributed by atoms with E-state index in [-0.39, 0.29) is 18.0 Å². The molecule has 11 nitrogen and oxygen atoms in total. The fraction of sp³-hybridized carbons (Fsp3) is 0.345. The third kappa shape index (κ3) is 6.39. The zero-order chi connectivity index (χ0) is 29.8. The number of nitrogens with two attached hydrogens (primary N) is 1. The largest absolute Gasteiger partial charge is 0.446 e. The number of nitrogens with one attached hydrogen (secondary N) is 1. The van der Waals surface area contributed by atoms with Crippen LogP contribution in [-0.2, 0) is 28.5 Å². The van der Waals surface area contributed by atoms with Gasteiger partial charge >= 0.3 is 6.09 Å². The molecule has 0 bridgehead atoms. The normalized spacial score (nSPS) is 16.9. The molecule has 1 fully saturated rings. The average Bonchev–Trinajstić information content (AvgIpc) is 2.98. The first kappa shape index (κ1) is 29.5. The molecule has 1 aliphatic rings. The Morgan fingerprint density at radius 2 is 1.81 bits per heavy atom. The van der Waals surface area contributed by atoms with Gasteiger partial charge in [-0.1, -0.05) is 37.6 Å². The van der Waals surface area contributed by atoms with Gasteiger partial charge in [0.25, 0.3) is 0 Å². The molecule has 1 aliphatic carbocycles. The summed E-state index contributed by atoms with van der Waals surface area (Å²) in [5, 5.41) is 13.4. The number of benzene rings is 2. The molecule has 2 heterocycles. The van der Waals surface area contributed by atoms with Crippen molar-refractivity contribution in [2.45, 2.75) is 64.5 Å². The summed E-state index contributed by atoms with van der Waals surface area (Å²) in [5.41, 5.74) is 9.69. The number of rotatable bonds is 9. The number of ether oxygens (including phenoxy) is 1. The molecule has 2 aromatic heterocycles. The molecule has 1 saturated carbocycles. The van der Waals surface area contributed by atoms with E-state index in [1.54, 1.807) is 36.5 Å². The number of carbonyl (C=O) groups excluding carboxylic acids is 1. The first-order valence-corrected chi connectivity index (χ1v) is 15.4. The van der Waals surface area contributed by atoms with E-state index in [2.05, 4.69) is 27.4 Å². The van der Waals surface area contributed by atoms with Gasteiger partial charge in [-0.05, 0) is 80.0 Å². The number of amides is 1. The fourth-order valence-electron chi connectivity index (χ4n) is 5.32. The van der Waals surface area contributed by atoms with E-state index >= 15 is 0 Å². The van der Waals surface area contributed by atoms with Crippen LogP contribution in [-0.4, -0.2) is 46.8 Å². The summed E-state index contributed by atoms with van der Waals surface area (Å²) in [7, 11) is -3.06. The lowest BCUT2D eigenvalue weighted by Gasteiger charge is -2.28. The second-order valence-electron chi connectivity index (χ2n) is 10.1. The Labute approximate surface area is 250 Å². The Morgan fingerprint density at radius 3 is 2.48 bits per heavy atom. The highest BCUT2D eigenvalue weighted by Gasteiger charge is 2.24. The van der Waals surface area contributed by atoms with E-state index in [0.29, 0.717) is 28.8 Å². The van der Waals surface area contributed by atoms with Gasteiger partial charge in [0.2, 0.25) is 16.8 Å². The minimum Gasteiger partial charge on any atom is -0.446 e. The number of aromatic nitrogens is 4. The monoisotopic (exact) mass is 609 g/mol. The number of para-hydroxylation sites is 1. The fourth-order valence-corrected chi connectivity index (χ4v) is 6.21. The molecule has 1 amide bonds. The molecule has 0 saturated heterocycles. The number of halogens is 1. The van der Waals surface area contributed by atoms with E-state index in [0.717, 1.165) is 64.0 Å². The topological polar surface area (TPSA) is 153 Å². The van der Waals surface area contributed by atoms with Crippen molar-refractivity contribution in [3.63, 3.8) is 0 Å². The Bertz CT molecular complexity index is 1680. The second-order valence-corrected chi connectivity index (χ2v) is 11.4. The van der Waals surface area contributed by atoms with Crippen molar-refractivity contribution in [3.8, 4) is 11.3 Å². The number of nitrogens with zero attached hydrogens (tertiary/aromatic N) is 5. The van der Waals surface area contributed by atoms with Crippen LogP contribution in [0.4, 0.5) is 22.2 Å². The van der Waals surface area contributed by atoms with Crippen molar-refractivity contribution in [3.05, 3.63) is 64.8 Å². The summed E-state index contributed by atoms with van der Waals surface area (Å²) in [5.74, 6) is 0.722. The van der Waals surface area contributed by atoms with Crippen molar-refractivity contribution in [1.29, 1.82) is 0 Å². The lowest BCUT2D eigenvalue weighted by molar-refractivity contribution is 0.0805. The summed E-state index contributed by atoms with van der Waals surface area (Å²) in [6.07, 6.45) is 5.37. The third-order valence-corrected chi connectivity index (χ3v) is 8.47. The first-order chi connectivity index (χ1) is 20.3. The third-order valence-electron chi connectivity index (χ3n) is 7.41. The maximum Gasteiger partial charge on any atom is 0.404 e. The van der Waals surface area contributed by atoms with E-state index < -0.39 is 17.0 Å². The minimum absolute atomic E-state index is 0.143. The molecule has 5 rings (SSSR count).